The molecule has 0 unspecified atom stereocenters. The van der Waals surface area contributed by atoms with Crippen molar-refractivity contribution in [1.29, 1.82) is 0 Å². The van der Waals surface area contributed by atoms with Gasteiger partial charge in [0.05, 0.1) is 0 Å². The number of ether oxygens (including phenoxy) is 1. The summed E-state index contributed by atoms with van der Waals surface area (Å²) in [6.45, 7) is 2.96. The van der Waals surface area contributed by atoms with Crippen LogP contribution in [0, 0.1) is 0 Å². The van der Waals surface area contributed by atoms with Gasteiger partial charge < -0.3 is 10.5 Å². The third kappa shape index (κ3) is 2.10. The molecule has 0 aliphatic rings. The predicted octanol–water partition coefficient (Wildman–Crippen LogP) is 1.11. The molecule has 1 rings (SSSR count). The van der Waals surface area contributed by atoms with Gasteiger partial charge in [0.15, 0.2) is 5.82 Å². The van der Waals surface area contributed by atoms with Crippen LogP contribution in [-0.2, 0) is 11.5 Å². The van der Waals surface area contributed by atoms with Gasteiger partial charge in [0.1, 0.15) is 11.8 Å². The molecule has 0 saturated carbocycles. The Balaban J connectivity index is 2.58. The molecular weight excluding hydrogens is 166 g/mol. The Labute approximate surface area is 69.9 Å². The molecule has 62 valence electrons. The maximum Gasteiger partial charge on any atom is 0.164 e. The lowest BCUT2D eigenvalue weighted by Crippen LogP contribution is -2.02. The van der Waals surface area contributed by atoms with Crippen molar-refractivity contribution < 1.29 is 4.74 Å². The van der Waals surface area contributed by atoms with Gasteiger partial charge in [0.25, 0.3) is 0 Å². The minimum absolute atomic E-state index is 0.339. The molecule has 1 aromatic rings. The minimum Gasteiger partial charge on any atom is -0.381 e. The van der Waals surface area contributed by atoms with Crippen molar-refractivity contribution >= 4 is 17.4 Å². The Morgan fingerprint density at radius 3 is 3.00 bits per heavy atom. The number of nitrogens with two attached hydrogens (primary N) is 1. The van der Waals surface area contributed by atoms with Gasteiger partial charge >= 0.3 is 0 Å². The van der Waals surface area contributed by atoms with E-state index in [1.165, 1.54) is 0 Å². The van der Waals surface area contributed by atoms with Gasteiger partial charge in [-0.2, -0.15) is 5.10 Å². The summed E-state index contributed by atoms with van der Waals surface area (Å²) >= 11 is 5.64. The first-order valence-electron chi connectivity index (χ1n) is 3.30. The van der Waals surface area contributed by atoms with E-state index in [-0.39, 0.29) is 0 Å². The van der Waals surface area contributed by atoms with Crippen molar-refractivity contribution in [3.8, 4) is 0 Å². The number of anilines is 1. The highest BCUT2D eigenvalue weighted by atomic mass is 35.5. The Hall–Kier alpha value is -0.740. The third-order valence-corrected chi connectivity index (χ3v) is 1.46. The Morgan fingerprint density at radius 2 is 2.55 bits per heavy atom. The first kappa shape index (κ1) is 8.36. The van der Waals surface area contributed by atoms with E-state index in [2.05, 4.69) is 5.10 Å². The Bertz CT molecular complexity index is 216. The molecule has 0 radical (unpaired) electrons. The monoisotopic (exact) mass is 175 g/mol. The average molecular weight is 176 g/mol. The molecule has 0 fully saturated rings. The van der Waals surface area contributed by atoms with Crippen molar-refractivity contribution in [3.63, 3.8) is 0 Å². The summed E-state index contributed by atoms with van der Waals surface area (Å²) in [5.74, 6) is 0.339. The van der Waals surface area contributed by atoms with E-state index in [4.69, 9.17) is 22.1 Å². The summed E-state index contributed by atoms with van der Waals surface area (Å²) in [5.41, 5.74) is 5.39. The average Bonchev–Trinajstić information content (AvgIpc) is 2.28. The first-order chi connectivity index (χ1) is 5.24. The van der Waals surface area contributed by atoms with Crippen LogP contribution in [0.15, 0.2) is 6.20 Å². The van der Waals surface area contributed by atoms with Crippen LogP contribution < -0.4 is 5.73 Å². The highest BCUT2D eigenvalue weighted by Gasteiger charge is 2.00. The van der Waals surface area contributed by atoms with E-state index >= 15 is 0 Å². The van der Waals surface area contributed by atoms with Crippen LogP contribution >= 0.6 is 11.6 Å². The van der Waals surface area contributed by atoms with Gasteiger partial charge in [-0.25, -0.2) is 4.68 Å². The van der Waals surface area contributed by atoms with Crippen LogP contribution in [0.4, 0.5) is 5.82 Å². The second-order valence-corrected chi connectivity index (χ2v) is 2.43. The highest BCUT2D eigenvalue weighted by Crippen LogP contribution is 2.14. The molecule has 0 saturated heterocycles. The fourth-order valence-corrected chi connectivity index (χ4v) is 0.813. The maximum absolute atomic E-state index is 5.64. The molecule has 11 heavy (non-hydrogen) atoms. The van der Waals surface area contributed by atoms with Gasteiger partial charge in [0.2, 0.25) is 0 Å². The van der Waals surface area contributed by atoms with E-state index in [0.717, 1.165) is 0 Å². The van der Waals surface area contributed by atoms with Gasteiger partial charge in [0, 0.05) is 12.8 Å². The molecule has 0 amide bonds. The normalized spacial score (nSPS) is 10.4. The van der Waals surface area contributed by atoms with Crippen LogP contribution in [0.25, 0.3) is 0 Å². The molecule has 1 heterocycles. The number of hydrogen-bond acceptors (Lipinski definition) is 3. The number of nitrogens with zero attached hydrogens (tertiary/aromatic N) is 2. The molecule has 2 N–H and O–H groups in total. The van der Waals surface area contributed by atoms with Crippen molar-refractivity contribution in [1.82, 2.24) is 9.78 Å². The quantitative estimate of drug-likeness (QED) is 0.749. The van der Waals surface area contributed by atoms with Crippen LogP contribution in [0.2, 0.25) is 5.02 Å². The molecule has 0 atom stereocenters. The van der Waals surface area contributed by atoms with Crippen LogP contribution in [-0.4, -0.2) is 16.4 Å². The van der Waals surface area contributed by atoms with Crippen molar-refractivity contribution in [2.75, 3.05) is 12.3 Å². The fourth-order valence-electron chi connectivity index (χ4n) is 0.663. The van der Waals surface area contributed by atoms with E-state index in [1.807, 2.05) is 6.92 Å². The zero-order valence-electron chi connectivity index (χ0n) is 6.25. The van der Waals surface area contributed by atoms with Crippen LogP contribution in [0.5, 0.6) is 0 Å². The molecule has 4 nitrogen and oxygen atoms in total. The fraction of sp³-hybridized carbons (Fsp3) is 0.500. The molecule has 0 bridgehead atoms. The number of nitrogen functional groups attached to an aromatic ring is 1. The van der Waals surface area contributed by atoms with E-state index in [9.17, 15) is 0 Å². The lowest BCUT2D eigenvalue weighted by atomic mass is 10.7. The smallest absolute Gasteiger partial charge is 0.164 e. The molecular formula is C6H10ClN3O. The van der Waals surface area contributed by atoms with Crippen LogP contribution in [0.1, 0.15) is 6.92 Å². The van der Waals surface area contributed by atoms with Crippen molar-refractivity contribution in [2.45, 2.75) is 13.7 Å². The molecule has 0 aliphatic carbocycles. The summed E-state index contributed by atoms with van der Waals surface area (Å²) in [7, 11) is 0. The Kier molecular flexibility index (Phi) is 2.73. The Morgan fingerprint density at radius 1 is 1.82 bits per heavy atom. The van der Waals surface area contributed by atoms with Gasteiger partial charge in [-0.3, -0.25) is 0 Å². The lowest BCUT2D eigenvalue weighted by molar-refractivity contribution is 0.0794. The zero-order chi connectivity index (χ0) is 8.27. The number of hydrogen-bond donors (Lipinski definition) is 1. The summed E-state index contributed by atoms with van der Waals surface area (Å²) in [6, 6.07) is 0. The van der Waals surface area contributed by atoms with Crippen LogP contribution in [0.3, 0.4) is 0 Å². The van der Waals surface area contributed by atoms with Gasteiger partial charge in [-0.05, 0) is 6.92 Å². The number of halogens is 1. The van der Waals surface area contributed by atoms with E-state index in [1.54, 1.807) is 10.9 Å². The summed E-state index contributed by atoms with van der Waals surface area (Å²) in [4.78, 5) is 0. The summed E-state index contributed by atoms with van der Waals surface area (Å²) in [5, 5.41) is 4.35. The standard InChI is InChI=1S/C6H10ClN3O/c1-2-11-4-10-3-5(7)6(8)9-10/h3H,2,4H2,1H3,(H2,8,9). The third-order valence-electron chi connectivity index (χ3n) is 1.17. The molecule has 0 aliphatic heterocycles. The molecule has 5 heteroatoms. The largest absolute Gasteiger partial charge is 0.381 e. The van der Waals surface area contributed by atoms with E-state index in [0.29, 0.717) is 24.2 Å². The molecule has 1 aromatic heterocycles. The van der Waals surface area contributed by atoms with Crippen molar-refractivity contribution in [3.05, 3.63) is 11.2 Å². The van der Waals surface area contributed by atoms with E-state index < -0.39 is 0 Å². The van der Waals surface area contributed by atoms with Gasteiger partial charge in [-0.15, -0.1) is 0 Å². The second kappa shape index (κ2) is 3.59. The number of rotatable bonds is 3. The summed E-state index contributed by atoms with van der Waals surface area (Å²) < 4.78 is 6.63. The maximum atomic E-state index is 5.64. The number of aromatic nitrogens is 2. The molecule has 0 aromatic carbocycles. The zero-order valence-corrected chi connectivity index (χ0v) is 7.01. The summed E-state index contributed by atoms with van der Waals surface area (Å²) in [6.07, 6.45) is 1.63. The highest BCUT2D eigenvalue weighted by molar-refractivity contribution is 6.32. The SMILES string of the molecule is CCOCn1cc(Cl)c(N)n1. The predicted molar refractivity (Wildman–Crippen MR) is 43.3 cm³/mol. The topological polar surface area (TPSA) is 53.1 Å². The lowest BCUT2D eigenvalue weighted by Gasteiger charge is -1.98. The molecule has 0 spiro atoms. The first-order valence-corrected chi connectivity index (χ1v) is 3.68. The second-order valence-electron chi connectivity index (χ2n) is 2.02. The van der Waals surface area contributed by atoms with Crippen molar-refractivity contribution in [2.24, 2.45) is 0 Å². The minimum atomic E-state index is 0.339. The van der Waals surface area contributed by atoms with Gasteiger partial charge in [-0.1, -0.05) is 11.6 Å².